The zero-order valence-corrected chi connectivity index (χ0v) is 9.27. The van der Waals surface area contributed by atoms with Crippen molar-refractivity contribution >= 4 is 22.2 Å². The van der Waals surface area contributed by atoms with Crippen LogP contribution in [0, 0.1) is 6.92 Å². The molecule has 0 fully saturated rings. The van der Waals surface area contributed by atoms with Gasteiger partial charge in [-0.3, -0.25) is 0 Å². The molecule has 16 heavy (non-hydrogen) atoms. The van der Waals surface area contributed by atoms with Crippen LogP contribution in [0.4, 0.5) is 10.8 Å². The summed E-state index contributed by atoms with van der Waals surface area (Å²) in [6.45, 7) is 1.72. The zero-order chi connectivity index (χ0) is 11.5. The molecule has 0 spiro atoms. The lowest BCUT2D eigenvalue weighted by Crippen LogP contribution is -1.75. The molecule has 0 saturated carbocycles. The van der Waals surface area contributed by atoms with Gasteiger partial charge in [0.2, 0.25) is 5.13 Å². The Hall–Kier alpha value is -1.95. The van der Waals surface area contributed by atoms with E-state index < -0.39 is 0 Å². The van der Waals surface area contributed by atoms with Crippen LogP contribution in [-0.4, -0.2) is 15.2 Å². The second-order valence-electron chi connectivity index (χ2n) is 3.14. The van der Waals surface area contributed by atoms with Gasteiger partial charge in [-0.2, -0.15) is 0 Å². The minimum absolute atomic E-state index is 0.0331. The Kier molecular flexibility index (Phi) is 2.82. The minimum atomic E-state index is -0.108. The standard InChI is InChI=1S/C10H9N3O2S/c1-6-4-7(9(15)5-8(6)14)12-13-10-11-2-3-16-10/h2-5,14-15H,1H3. The third-order valence-electron chi connectivity index (χ3n) is 1.96. The summed E-state index contributed by atoms with van der Waals surface area (Å²) in [4.78, 5) is 3.93. The minimum Gasteiger partial charge on any atom is -0.508 e. The summed E-state index contributed by atoms with van der Waals surface area (Å²) in [5.74, 6) is -0.0749. The second-order valence-corrected chi connectivity index (χ2v) is 4.02. The van der Waals surface area contributed by atoms with E-state index in [2.05, 4.69) is 15.2 Å². The van der Waals surface area contributed by atoms with Crippen LogP contribution < -0.4 is 0 Å². The van der Waals surface area contributed by atoms with Crippen molar-refractivity contribution in [1.29, 1.82) is 0 Å². The number of aromatic nitrogens is 1. The van der Waals surface area contributed by atoms with Crippen molar-refractivity contribution in [2.24, 2.45) is 10.2 Å². The number of thiazole rings is 1. The Morgan fingerprint density at radius 2 is 2.00 bits per heavy atom. The normalized spacial score (nSPS) is 11.1. The first kappa shape index (κ1) is 10.6. The molecular weight excluding hydrogens is 226 g/mol. The predicted molar refractivity (Wildman–Crippen MR) is 60.8 cm³/mol. The van der Waals surface area contributed by atoms with E-state index in [1.165, 1.54) is 17.4 Å². The Morgan fingerprint density at radius 1 is 1.19 bits per heavy atom. The Balaban J connectivity index is 2.31. The Morgan fingerprint density at radius 3 is 2.69 bits per heavy atom. The Bertz CT molecular complexity index is 523. The summed E-state index contributed by atoms with van der Waals surface area (Å²) < 4.78 is 0. The van der Waals surface area contributed by atoms with Crippen LogP contribution in [0.25, 0.3) is 0 Å². The quantitative estimate of drug-likeness (QED) is 0.784. The first-order valence-electron chi connectivity index (χ1n) is 4.50. The first-order chi connectivity index (χ1) is 7.66. The molecule has 5 nitrogen and oxygen atoms in total. The number of nitrogens with zero attached hydrogens (tertiary/aromatic N) is 3. The van der Waals surface area contributed by atoms with Crippen molar-refractivity contribution in [1.82, 2.24) is 4.98 Å². The molecule has 0 unspecified atom stereocenters. The molecule has 2 N–H and O–H groups in total. The van der Waals surface area contributed by atoms with Gasteiger partial charge in [0.25, 0.3) is 0 Å². The number of benzene rings is 1. The molecule has 82 valence electrons. The van der Waals surface area contributed by atoms with Crippen LogP contribution in [0.15, 0.2) is 33.9 Å². The second kappa shape index (κ2) is 4.28. The molecule has 6 heteroatoms. The van der Waals surface area contributed by atoms with Gasteiger partial charge in [0, 0.05) is 17.6 Å². The summed E-state index contributed by atoms with van der Waals surface area (Å²) in [7, 11) is 0. The van der Waals surface area contributed by atoms with Crippen LogP contribution in [-0.2, 0) is 0 Å². The van der Waals surface area contributed by atoms with Crippen molar-refractivity contribution in [3.63, 3.8) is 0 Å². The molecule has 0 saturated heterocycles. The molecule has 2 rings (SSSR count). The van der Waals surface area contributed by atoms with E-state index >= 15 is 0 Å². The Labute approximate surface area is 95.7 Å². The van der Waals surface area contributed by atoms with E-state index in [-0.39, 0.29) is 11.5 Å². The number of phenols is 2. The maximum absolute atomic E-state index is 9.51. The SMILES string of the molecule is Cc1cc(N=Nc2nccs2)c(O)cc1O. The fourth-order valence-corrected chi connectivity index (χ4v) is 1.57. The summed E-state index contributed by atoms with van der Waals surface area (Å²) in [5.41, 5.74) is 0.941. The number of aromatic hydroxyl groups is 2. The van der Waals surface area contributed by atoms with E-state index in [0.29, 0.717) is 16.4 Å². The fraction of sp³-hybridized carbons (Fsp3) is 0.100. The highest BCUT2D eigenvalue weighted by molar-refractivity contribution is 7.13. The van der Waals surface area contributed by atoms with Crippen LogP contribution in [0.2, 0.25) is 0 Å². The number of rotatable bonds is 2. The maximum atomic E-state index is 9.51. The van der Waals surface area contributed by atoms with Crippen molar-refractivity contribution in [3.05, 3.63) is 29.3 Å². The number of hydrogen-bond acceptors (Lipinski definition) is 6. The molecular formula is C10H9N3O2S. The van der Waals surface area contributed by atoms with E-state index in [4.69, 9.17) is 0 Å². The molecule has 1 heterocycles. The molecule has 0 atom stereocenters. The van der Waals surface area contributed by atoms with Crippen molar-refractivity contribution in [2.75, 3.05) is 0 Å². The number of hydrogen-bond donors (Lipinski definition) is 2. The van der Waals surface area contributed by atoms with Crippen molar-refractivity contribution < 1.29 is 10.2 Å². The van der Waals surface area contributed by atoms with Crippen LogP contribution >= 0.6 is 11.3 Å². The van der Waals surface area contributed by atoms with Gasteiger partial charge in [0.15, 0.2) is 0 Å². The third-order valence-corrected chi connectivity index (χ3v) is 2.61. The van der Waals surface area contributed by atoms with Gasteiger partial charge < -0.3 is 10.2 Å². The largest absolute Gasteiger partial charge is 0.508 e. The molecule has 1 aromatic carbocycles. The van der Waals surface area contributed by atoms with Gasteiger partial charge in [0.1, 0.15) is 17.2 Å². The predicted octanol–water partition coefficient (Wildman–Crippen LogP) is 3.28. The lowest BCUT2D eigenvalue weighted by molar-refractivity contribution is 0.448. The smallest absolute Gasteiger partial charge is 0.229 e. The van der Waals surface area contributed by atoms with Gasteiger partial charge >= 0.3 is 0 Å². The number of phenolic OH excluding ortho intramolecular Hbond substituents is 2. The highest BCUT2D eigenvalue weighted by Crippen LogP contribution is 2.34. The van der Waals surface area contributed by atoms with Gasteiger partial charge in [-0.15, -0.1) is 21.6 Å². The summed E-state index contributed by atoms with van der Waals surface area (Å²) in [6.07, 6.45) is 1.63. The van der Waals surface area contributed by atoms with Gasteiger partial charge in [-0.1, -0.05) is 0 Å². The molecule has 0 amide bonds. The van der Waals surface area contributed by atoms with Gasteiger partial charge in [-0.25, -0.2) is 4.98 Å². The topological polar surface area (TPSA) is 78.1 Å². The van der Waals surface area contributed by atoms with Crippen LogP contribution in [0.1, 0.15) is 5.56 Å². The first-order valence-corrected chi connectivity index (χ1v) is 5.38. The van der Waals surface area contributed by atoms with Crippen LogP contribution in [0.5, 0.6) is 11.5 Å². The molecule has 0 radical (unpaired) electrons. The molecule has 0 aliphatic carbocycles. The van der Waals surface area contributed by atoms with E-state index in [1.807, 2.05) is 0 Å². The molecule has 1 aromatic heterocycles. The summed E-state index contributed by atoms with van der Waals surface area (Å²) in [6, 6.07) is 2.80. The van der Waals surface area contributed by atoms with Gasteiger partial charge in [0.05, 0.1) is 0 Å². The molecule has 2 aromatic rings. The van der Waals surface area contributed by atoms with E-state index in [0.717, 1.165) is 0 Å². The van der Waals surface area contributed by atoms with Gasteiger partial charge in [-0.05, 0) is 18.6 Å². The highest BCUT2D eigenvalue weighted by atomic mass is 32.1. The lowest BCUT2D eigenvalue weighted by Gasteiger charge is -2.01. The molecule has 0 aliphatic heterocycles. The van der Waals surface area contributed by atoms with E-state index in [9.17, 15) is 10.2 Å². The molecule has 0 aliphatic rings. The zero-order valence-electron chi connectivity index (χ0n) is 8.45. The monoisotopic (exact) mass is 235 g/mol. The van der Waals surface area contributed by atoms with Crippen molar-refractivity contribution in [3.8, 4) is 11.5 Å². The average molecular weight is 235 g/mol. The maximum Gasteiger partial charge on any atom is 0.229 e. The van der Waals surface area contributed by atoms with Crippen molar-refractivity contribution in [2.45, 2.75) is 6.92 Å². The van der Waals surface area contributed by atoms with E-state index in [1.54, 1.807) is 24.6 Å². The third kappa shape index (κ3) is 2.17. The molecule has 0 bridgehead atoms. The highest BCUT2D eigenvalue weighted by Gasteiger charge is 2.05. The lowest BCUT2D eigenvalue weighted by atomic mass is 10.2. The number of aryl methyl sites for hydroxylation is 1. The number of azo groups is 1. The summed E-state index contributed by atoms with van der Waals surface area (Å²) in [5, 5.41) is 28.9. The van der Waals surface area contributed by atoms with Crippen LogP contribution in [0.3, 0.4) is 0 Å². The summed E-state index contributed by atoms with van der Waals surface area (Å²) >= 11 is 1.35. The fourth-order valence-electron chi connectivity index (χ4n) is 1.11. The average Bonchev–Trinajstić information content (AvgIpc) is 2.74.